The maximum absolute atomic E-state index is 11.4. The minimum atomic E-state index is -3.67. The number of carboxylic acids is 2. The number of fused-ring (bicyclic) bond motifs is 8. The smallest absolute Gasteiger partial charge is 0.303 e. The van der Waals surface area contributed by atoms with Gasteiger partial charge in [0.25, 0.3) is 20.2 Å². The zero-order valence-corrected chi connectivity index (χ0v) is 28.9. The van der Waals surface area contributed by atoms with Crippen molar-refractivity contribution in [2.24, 2.45) is 0 Å². The van der Waals surface area contributed by atoms with Crippen molar-refractivity contribution in [3.8, 4) is 0 Å². The van der Waals surface area contributed by atoms with Gasteiger partial charge >= 0.3 is 11.9 Å². The lowest BCUT2D eigenvalue weighted by molar-refractivity contribution is -0.137. The third-order valence-electron chi connectivity index (χ3n) is 7.26. The van der Waals surface area contributed by atoms with E-state index in [1.165, 1.54) is 0 Å². The summed E-state index contributed by atoms with van der Waals surface area (Å²) in [5.74, 6) is -1.73. The second-order valence-electron chi connectivity index (χ2n) is 11.4. The Labute approximate surface area is 277 Å². The molecular formula is C32H38N4O10S2. The minimum absolute atomic E-state index is 0.00159. The van der Waals surface area contributed by atoms with E-state index in [0.29, 0.717) is 31.0 Å². The Bertz CT molecular complexity index is 2170. The van der Waals surface area contributed by atoms with Crippen molar-refractivity contribution in [3.63, 3.8) is 0 Å². The molecule has 3 aromatic rings. The van der Waals surface area contributed by atoms with Crippen LogP contribution in [0.1, 0.15) is 72.6 Å². The van der Waals surface area contributed by atoms with Gasteiger partial charge in [0, 0.05) is 34.9 Å². The van der Waals surface area contributed by atoms with Crippen molar-refractivity contribution in [3.05, 3.63) is 69.8 Å². The lowest BCUT2D eigenvalue weighted by Gasteiger charge is -2.03. The molecule has 0 atom stereocenters. The molecular weight excluding hydrogens is 665 g/mol. The number of hydrogen-bond donors (Lipinski definition) is 6. The number of rotatable bonds is 6. The number of carbonyl (C=O) groups is 2. The number of aryl methyl sites for hydroxylation is 3. The van der Waals surface area contributed by atoms with Gasteiger partial charge in [-0.2, -0.15) is 16.8 Å². The van der Waals surface area contributed by atoms with E-state index in [9.17, 15) is 36.6 Å². The summed E-state index contributed by atoms with van der Waals surface area (Å²) in [7, 11) is -7.33. The second kappa shape index (κ2) is 15.1. The van der Waals surface area contributed by atoms with Crippen molar-refractivity contribution in [1.82, 2.24) is 19.9 Å². The number of aromatic nitrogens is 4. The Balaban J connectivity index is 0.000000548. The van der Waals surface area contributed by atoms with Crippen molar-refractivity contribution in [2.75, 3.05) is 12.5 Å². The van der Waals surface area contributed by atoms with Gasteiger partial charge < -0.3 is 20.2 Å². The number of H-pyrrole nitrogens is 2. The zero-order chi connectivity index (χ0) is 36.1. The van der Waals surface area contributed by atoms with Gasteiger partial charge in [0.05, 0.1) is 35.3 Å². The Morgan fingerprint density at radius 3 is 1.85 bits per heavy atom. The molecule has 5 rings (SSSR count). The lowest BCUT2D eigenvalue weighted by atomic mass is 10.0. The van der Waals surface area contributed by atoms with Gasteiger partial charge in [0.15, 0.2) is 0 Å². The predicted molar refractivity (Wildman–Crippen MR) is 184 cm³/mol. The van der Waals surface area contributed by atoms with Gasteiger partial charge in [-0.15, -0.1) is 0 Å². The molecule has 0 aromatic carbocycles. The van der Waals surface area contributed by atoms with Crippen molar-refractivity contribution < 1.29 is 45.7 Å². The van der Waals surface area contributed by atoms with Crippen LogP contribution in [0.2, 0.25) is 0 Å². The highest BCUT2D eigenvalue weighted by molar-refractivity contribution is 7.85. The summed E-state index contributed by atoms with van der Waals surface area (Å²) < 4.78 is 51.7. The van der Waals surface area contributed by atoms with E-state index in [-0.39, 0.29) is 12.8 Å². The fourth-order valence-electron chi connectivity index (χ4n) is 5.11. The molecule has 2 aliphatic rings. The molecule has 0 saturated carbocycles. The summed E-state index contributed by atoms with van der Waals surface area (Å²) in [5.41, 5.74) is 12.4. The molecule has 8 bridgehead atoms. The Kier molecular flexibility index (Phi) is 11.9. The molecule has 14 nitrogen and oxygen atoms in total. The standard InChI is InChI=1S/C30H30N4O4.2CH4O3S/c1-15-9-20-12-25-17(3)21(5-7-29(35)36)27(33-25)14-28-22(6-8-30(37)38)18(4)26(34-28)13-24-16(2)10-19(32-24)11-23(15)31-20;2*1-5(2,3)4/h9-14,32-33H,5-8H2,1-4H3,(H,35,36)(H,37,38);2*1H3,(H,2,3,4). The fraction of sp³-hybridized carbons (Fsp3) is 0.312. The summed E-state index contributed by atoms with van der Waals surface area (Å²) in [6.07, 6.45) is 4.16. The lowest BCUT2D eigenvalue weighted by Crippen LogP contribution is -1.98. The number of allylic oxidation sites excluding steroid dienone is 3. The van der Waals surface area contributed by atoms with Gasteiger partial charge in [-0.1, -0.05) is 0 Å². The third-order valence-corrected chi connectivity index (χ3v) is 7.26. The first-order valence-corrected chi connectivity index (χ1v) is 18.2. The first kappa shape index (κ1) is 37.8. The Morgan fingerprint density at radius 1 is 0.708 bits per heavy atom. The van der Waals surface area contributed by atoms with E-state index < -0.39 is 32.2 Å². The van der Waals surface area contributed by atoms with E-state index in [2.05, 4.69) is 16.0 Å². The molecule has 16 heteroatoms. The highest BCUT2D eigenvalue weighted by Crippen LogP contribution is 2.34. The van der Waals surface area contributed by atoms with Gasteiger partial charge in [0.2, 0.25) is 0 Å². The molecule has 5 heterocycles. The summed E-state index contributed by atoms with van der Waals surface area (Å²) in [6, 6.07) is 10.00. The quantitative estimate of drug-likeness (QED) is 0.179. The average Bonchev–Trinajstić information content (AvgIpc) is 3.61. The molecule has 6 N–H and O–H groups in total. The number of nitrogens with one attached hydrogen (secondary N) is 2. The normalized spacial score (nSPS) is 12.8. The maximum Gasteiger partial charge on any atom is 0.303 e. The molecule has 0 aliphatic carbocycles. The van der Waals surface area contributed by atoms with Crippen molar-refractivity contribution >= 4 is 77.0 Å². The SMILES string of the molecule is CC1=Cc2cc3[nH]c(cc4nc(cc5[nH]c(cc1n2)cc5C)C(C)=C4CCC(=O)O)c(CCC(=O)O)c3C.CS(=O)(=O)O.CS(=O)(=O)O. The molecule has 0 unspecified atom stereocenters. The summed E-state index contributed by atoms with van der Waals surface area (Å²) >= 11 is 0. The van der Waals surface area contributed by atoms with Gasteiger partial charge in [-0.25, -0.2) is 9.97 Å². The highest BCUT2D eigenvalue weighted by Gasteiger charge is 2.19. The number of carboxylic acid groups (broad SMARTS) is 2. The van der Waals surface area contributed by atoms with E-state index in [0.717, 1.165) is 72.6 Å². The maximum atomic E-state index is 11.4. The van der Waals surface area contributed by atoms with Crippen LogP contribution < -0.4 is 0 Å². The first-order valence-electron chi connectivity index (χ1n) is 14.5. The molecule has 0 amide bonds. The van der Waals surface area contributed by atoms with Crippen LogP contribution in [-0.2, 0) is 36.2 Å². The monoisotopic (exact) mass is 702 g/mol. The first-order chi connectivity index (χ1) is 22.1. The van der Waals surface area contributed by atoms with E-state index >= 15 is 0 Å². The Morgan fingerprint density at radius 2 is 1.27 bits per heavy atom. The molecule has 2 aliphatic heterocycles. The van der Waals surface area contributed by atoms with Gasteiger partial charge in [-0.3, -0.25) is 18.7 Å². The zero-order valence-electron chi connectivity index (χ0n) is 27.2. The van der Waals surface area contributed by atoms with E-state index in [1.54, 1.807) is 0 Å². The van der Waals surface area contributed by atoms with Crippen LogP contribution in [0.5, 0.6) is 0 Å². The number of nitrogens with zero attached hydrogens (tertiary/aromatic N) is 2. The molecule has 48 heavy (non-hydrogen) atoms. The largest absolute Gasteiger partial charge is 0.481 e. The van der Waals surface area contributed by atoms with Crippen LogP contribution in [0.3, 0.4) is 0 Å². The van der Waals surface area contributed by atoms with Crippen molar-refractivity contribution in [1.29, 1.82) is 0 Å². The summed E-state index contributed by atoms with van der Waals surface area (Å²) in [4.78, 5) is 39.5. The Hall–Kier alpha value is -4.64. The van der Waals surface area contributed by atoms with Crippen LogP contribution in [0.25, 0.3) is 44.9 Å². The summed E-state index contributed by atoms with van der Waals surface area (Å²) in [6.45, 7) is 8.01. The minimum Gasteiger partial charge on any atom is -0.481 e. The van der Waals surface area contributed by atoms with Crippen LogP contribution in [0.4, 0.5) is 0 Å². The van der Waals surface area contributed by atoms with Gasteiger partial charge in [-0.05, 0) is 110 Å². The average molecular weight is 703 g/mol. The van der Waals surface area contributed by atoms with E-state index in [4.69, 9.17) is 19.1 Å². The number of hydrogen-bond acceptors (Lipinski definition) is 8. The topological polar surface area (TPSA) is 241 Å². The van der Waals surface area contributed by atoms with Crippen LogP contribution in [0, 0.1) is 13.8 Å². The van der Waals surface area contributed by atoms with E-state index in [1.807, 2.05) is 58.0 Å². The second-order valence-corrected chi connectivity index (χ2v) is 14.4. The summed E-state index contributed by atoms with van der Waals surface area (Å²) in [5, 5.41) is 18.7. The van der Waals surface area contributed by atoms with Gasteiger partial charge in [0.1, 0.15) is 0 Å². The third kappa shape index (κ3) is 11.3. The molecule has 0 saturated heterocycles. The molecule has 258 valence electrons. The molecule has 3 aromatic heterocycles. The van der Waals surface area contributed by atoms with Crippen LogP contribution in [-0.4, -0.2) is 80.5 Å². The van der Waals surface area contributed by atoms with Crippen molar-refractivity contribution in [2.45, 2.75) is 53.4 Å². The fourth-order valence-corrected chi connectivity index (χ4v) is 5.11. The number of aliphatic carboxylic acids is 2. The molecule has 0 radical (unpaired) electrons. The molecule has 0 spiro atoms. The predicted octanol–water partition coefficient (Wildman–Crippen LogP) is 5.31. The number of aromatic amines is 2. The van der Waals surface area contributed by atoms with Crippen LogP contribution >= 0.6 is 0 Å². The van der Waals surface area contributed by atoms with Crippen LogP contribution in [0.15, 0.2) is 30.3 Å². The highest BCUT2D eigenvalue weighted by atomic mass is 32.2. The molecule has 0 fully saturated rings.